The van der Waals surface area contributed by atoms with E-state index in [2.05, 4.69) is 20.4 Å². The number of hydrogen-bond acceptors (Lipinski definition) is 6. The minimum Gasteiger partial charge on any atom is -0.497 e. The van der Waals surface area contributed by atoms with Crippen LogP contribution in [0.15, 0.2) is 22.9 Å². The quantitative estimate of drug-likeness (QED) is 0.865. The van der Waals surface area contributed by atoms with Crippen LogP contribution in [0.2, 0.25) is 0 Å². The number of carbonyl (C=O) groups excluding carboxylic acids is 1. The Bertz CT molecular complexity index is 764. The van der Waals surface area contributed by atoms with Crippen molar-refractivity contribution in [2.45, 2.75) is 33.2 Å². The number of aryl methyl sites for hydroxylation is 2. The molecule has 1 aliphatic rings. The monoisotopic (exact) mass is 373 g/mol. The fourth-order valence-corrected chi connectivity index (χ4v) is 3.29. The van der Waals surface area contributed by atoms with Crippen LogP contribution in [0.5, 0.6) is 5.75 Å². The normalized spacial score (nSPS) is 15.6. The van der Waals surface area contributed by atoms with Gasteiger partial charge in [-0.05, 0) is 33.3 Å². The van der Waals surface area contributed by atoms with Crippen molar-refractivity contribution in [3.63, 3.8) is 0 Å². The molecule has 3 rings (SSSR count). The molecule has 1 N–H and O–H groups in total. The molecule has 8 heteroatoms. The lowest BCUT2D eigenvalue weighted by molar-refractivity contribution is 0.191. The molecule has 1 unspecified atom stereocenters. The number of carbonyl (C=O) groups is 1. The SMILES string of the molecule is COc1ccnc(N2CCN(C(=O)NC(C)Cc3c(C)noc3C)CC2)c1. The Morgan fingerprint density at radius 3 is 2.70 bits per heavy atom. The molecule has 2 amide bonds. The Hall–Kier alpha value is -2.77. The molecule has 0 aromatic carbocycles. The Morgan fingerprint density at radius 1 is 1.33 bits per heavy atom. The number of anilines is 1. The summed E-state index contributed by atoms with van der Waals surface area (Å²) in [5.74, 6) is 2.47. The summed E-state index contributed by atoms with van der Waals surface area (Å²) in [4.78, 5) is 21.0. The molecule has 0 saturated carbocycles. The highest BCUT2D eigenvalue weighted by atomic mass is 16.5. The lowest BCUT2D eigenvalue weighted by atomic mass is 10.1. The van der Waals surface area contributed by atoms with Crippen LogP contribution in [0.4, 0.5) is 10.6 Å². The second-order valence-electron chi connectivity index (χ2n) is 6.89. The van der Waals surface area contributed by atoms with Gasteiger partial charge in [-0.15, -0.1) is 0 Å². The number of hydrogen-bond donors (Lipinski definition) is 1. The van der Waals surface area contributed by atoms with Crippen molar-refractivity contribution in [1.82, 2.24) is 20.4 Å². The van der Waals surface area contributed by atoms with Crippen LogP contribution in [0, 0.1) is 13.8 Å². The number of nitrogens with one attached hydrogen (secondary N) is 1. The standard InChI is InChI=1S/C19H27N5O3/c1-13(11-17-14(2)22-27-15(17)3)21-19(25)24-9-7-23(8-10-24)18-12-16(26-4)5-6-20-18/h5-6,12-13H,7-11H2,1-4H3,(H,21,25). The molecule has 1 fully saturated rings. The fraction of sp³-hybridized carbons (Fsp3) is 0.526. The van der Waals surface area contributed by atoms with E-state index >= 15 is 0 Å². The number of pyridine rings is 1. The molecule has 0 aliphatic carbocycles. The number of piperazine rings is 1. The van der Waals surface area contributed by atoms with Crippen molar-refractivity contribution in [3.05, 3.63) is 35.3 Å². The first-order chi connectivity index (χ1) is 13.0. The van der Waals surface area contributed by atoms with Gasteiger partial charge in [0.1, 0.15) is 17.3 Å². The van der Waals surface area contributed by atoms with E-state index in [0.717, 1.165) is 41.7 Å². The fourth-order valence-electron chi connectivity index (χ4n) is 3.29. The van der Waals surface area contributed by atoms with E-state index in [0.29, 0.717) is 19.5 Å². The van der Waals surface area contributed by atoms with E-state index in [9.17, 15) is 4.79 Å². The third-order valence-corrected chi connectivity index (χ3v) is 4.90. The first-order valence-corrected chi connectivity index (χ1v) is 9.20. The molecular formula is C19H27N5O3. The number of aromatic nitrogens is 2. The van der Waals surface area contributed by atoms with Crippen LogP contribution in [0.1, 0.15) is 23.9 Å². The Kier molecular flexibility index (Phi) is 5.83. The highest BCUT2D eigenvalue weighted by Crippen LogP contribution is 2.19. The molecule has 27 heavy (non-hydrogen) atoms. The summed E-state index contributed by atoms with van der Waals surface area (Å²) in [5.41, 5.74) is 1.95. The first-order valence-electron chi connectivity index (χ1n) is 9.20. The van der Waals surface area contributed by atoms with Crippen molar-refractivity contribution in [1.29, 1.82) is 0 Å². The molecular weight excluding hydrogens is 346 g/mol. The average Bonchev–Trinajstić information content (AvgIpc) is 3.00. The second-order valence-corrected chi connectivity index (χ2v) is 6.89. The van der Waals surface area contributed by atoms with Crippen LogP contribution >= 0.6 is 0 Å². The summed E-state index contributed by atoms with van der Waals surface area (Å²) in [5, 5.41) is 7.05. The molecule has 1 aliphatic heterocycles. The molecule has 8 nitrogen and oxygen atoms in total. The van der Waals surface area contributed by atoms with Gasteiger partial charge < -0.3 is 24.4 Å². The second kappa shape index (κ2) is 8.28. The third kappa shape index (κ3) is 4.50. The number of nitrogens with zero attached hydrogens (tertiary/aromatic N) is 4. The van der Waals surface area contributed by atoms with Gasteiger partial charge in [-0.3, -0.25) is 0 Å². The van der Waals surface area contributed by atoms with Crippen LogP contribution < -0.4 is 15.0 Å². The minimum absolute atomic E-state index is 0.00683. The molecule has 1 saturated heterocycles. The van der Waals surface area contributed by atoms with Crippen molar-refractivity contribution in [3.8, 4) is 5.75 Å². The van der Waals surface area contributed by atoms with E-state index in [1.807, 2.05) is 37.8 Å². The van der Waals surface area contributed by atoms with Crippen LogP contribution in [0.25, 0.3) is 0 Å². The van der Waals surface area contributed by atoms with Crippen molar-refractivity contribution in [2.75, 3.05) is 38.2 Å². The topological polar surface area (TPSA) is 83.7 Å². The van der Waals surface area contributed by atoms with Gasteiger partial charge in [0, 0.05) is 50.0 Å². The summed E-state index contributed by atoms with van der Waals surface area (Å²) in [7, 11) is 1.64. The number of amides is 2. The van der Waals surface area contributed by atoms with E-state index < -0.39 is 0 Å². The Morgan fingerprint density at radius 2 is 2.07 bits per heavy atom. The van der Waals surface area contributed by atoms with Crippen LogP contribution in [-0.2, 0) is 6.42 Å². The van der Waals surface area contributed by atoms with Gasteiger partial charge in [0.2, 0.25) is 0 Å². The molecule has 146 valence electrons. The Labute approximate surface area is 159 Å². The molecule has 0 bridgehead atoms. The zero-order chi connectivity index (χ0) is 19.4. The molecule has 2 aromatic heterocycles. The van der Waals surface area contributed by atoms with Crippen molar-refractivity contribution < 1.29 is 14.1 Å². The van der Waals surface area contributed by atoms with Gasteiger partial charge in [0.25, 0.3) is 0 Å². The number of ether oxygens (including phenoxy) is 1. The zero-order valence-electron chi connectivity index (χ0n) is 16.4. The highest BCUT2D eigenvalue weighted by Gasteiger charge is 2.23. The van der Waals surface area contributed by atoms with E-state index in [1.165, 1.54) is 0 Å². The number of methoxy groups -OCH3 is 1. The van der Waals surface area contributed by atoms with Gasteiger partial charge in [0.05, 0.1) is 12.8 Å². The van der Waals surface area contributed by atoms with Crippen molar-refractivity contribution in [2.24, 2.45) is 0 Å². The van der Waals surface area contributed by atoms with Gasteiger partial charge >= 0.3 is 6.03 Å². The summed E-state index contributed by atoms with van der Waals surface area (Å²) >= 11 is 0. The van der Waals surface area contributed by atoms with Gasteiger partial charge in [-0.1, -0.05) is 5.16 Å². The molecule has 0 radical (unpaired) electrons. The average molecular weight is 373 g/mol. The predicted molar refractivity (Wildman–Crippen MR) is 102 cm³/mol. The maximum atomic E-state index is 12.6. The molecule has 1 atom stereocenters. The third-order valence-electron chi connectivity index (χ3n) is 4.90. The van der Waals surface area contributed by atoms with Gasteiger partial charge in [0.15, 0.2) is 0 Å². The predicted octanol–water partition coefficient (Wildman–Crippen LogP) is 2.16. The van der Waals surface area contributed by atoms with Crippen LogP contribution in [0.3, 0.4) is 0 Å². The van der Waals surface area contributed by atoms with E-state index in [-0.39, 0.29) is 12.1 Å². The lowest BCUT2D eigenvalue weighted by Crippen LogP contribution is -2.53. The summed E-state index contributed by atoms with van der Waals surface area (Å²) in [6, 6.07) is 3.72. The first kappa shape index (κ1) is 19.0. The van der Waals surface area contributed by atoms with Gasteiger partial charge in [-0.25, -0.2) is 9.78 Å². The number of rotatable bonds is 5. The summed E-state index contributed by atoms with van der Waals surface area (Å²) < 4.78 is 10.5. The van der Waals surface area contributed by atoms with Crippen molar-refractivity contribution >= 4 is 11.8 Å². The largest absolute Gasteiger partial charge is 0.497 e. The maximum absolute atomic E-state index is 12.6. The maximum Gasteiger partial charge on any atom is 0.317 e. The summed E-state index contributed by atoms with van der Waals surface area (Å²) in [6.45, 7) is 8.62. The zero-order valence-corrected chi connectivity index (χ0v) is 16.4. The Balaban J connectivity index is 1.51. The van der Waals surface area contributed by atoms with E-state index in [1.54, 1.807) is 13.3 Å². The van der Waals surface area contributed by atoms with E-state index in [4.69, 9.17) is 9.26 Å². The minimum atomic E-state index is -0.0347. The summed E-state index contributed by atoms with van der Waals surface area (Å²) in [6.07, 6.45) is 2.45. The highest BCUT2D eigenvalue weighted by molar-refractivity contribution is 5.75. The smallest absolute Gasteiger partial charge is 0.317 e. The van der Waals surface area contributed by atoms with Gasteiger partial charge in [-0.2, -0.15) is 0 Å². The molecule has 2 aromatic rings. The number of urea groups is 1. The molecule has 0 spiro atoms. The van der Waals surface area contributed by atoms with Crippen LogP contribution in [-0.4, -0.2) is 60.4 Å². The lowest BCUT2D eigenvalue weighted by Gasteiger charge is -2.36. The molecule has 3 heterocycles.